The molecule has 1 N–H and O–H groups in total. The summed E-state index contributed by atoms with van der Waals surface area (Å²) < 4.78 is 63.1. The first kappa shape index (κ1) is 28.2. The van der Waals surface area contributed by atoms with Gasteiger partial charge in [0.15, 0.2) is 9.84 Å². The normalized spacial score (nSPS) is 18.5. The van der Waals surface area contributed by atoms with Crippen LogP contribution in [0.5, 0.6) is 0 Å². The van der Waals surface area contributed by atoms with Gasteiger partial charge in [-0.05, 0) is 60.2 Å². The number of fused-ring (bicyclic) bond motifs is 1. The van der Waals surface area contributed by atoms with Crippen LogP contribution >= 0.6 is 0 Å². The van der Waals surface area contributed by atoms with E-state index in [4.69, 9.17) is 0 Å². The first-order chi connectivity index (χ1) is 18.8. The molecule has 0 radical (unpaired) electrons. The van der Waals surface area contributed by atoms with Crippen LogP contribution in [0.2, 0.25) is 0 Å². The molecule has 2 aliphatic rings. The van der Waals surface area contributed by atoms with Gasteiger partial charge in [0, 0.05) is 25.5 Å². The van der Waals surface area contributed by atoms with Crippen molar-refractivity contribution in [1.82, 2.24) is 20.2 Å². The highest BCUT2D eigenvalue weighted by atomic mass is 32.2. The Balaban J connectivity index is 1.31. The molecule has 11 heteroatoms. The number of amides is 1. The van der Waals surface area contributed by atoms with Crippen LogP contribution in [0.25, 0.3) is 0 Å². The zero-order valence-electron chi connectivity index (χ0n) is 22.5. The third kappa shape index (κ3) is 5.49. The van der Waals surface area contributed by atoms with Gasteiger partial charge in [0.05, 0.1) is 44.7 Å². The molecule has 0 bridgehead atoms. The lowest BCUT2D eigenvalue weighted by molar-refractivity contribution is -0.137. The summed E-state index contributed by atoms with van der Waals surface area (Å²) in [4.78, 5) is 24.6. The lowest BCUT2D eigenvalue weighted by Gasteiger charge is -2.27. The number of hydrogen-bond acceptors (Lipinski definition) is 6. The lowest BCUT2D eigenvalue weighted by Crippen LogP contribution is -2.35. The maximum atomic E-state index is 13.3. The number of pyridine rings is 2. The summed E-state index contributed by atoms with van der Waals surface area (Å²) in [6.45, 7) is 6.70. The Hall–Kier alpha value is -3.31. The van der Waals surface area contributed by atoms with Crippen molar-refractivity contribution in [2.75, 3.05) is 5.75 Å². The second kappa shape index (κ2) is 10.3. The van der Waals surface area contributed by atoms with Crippen LogP contribution in [0, 0.1) is 5.92 Å². The molecule has 0 saturated heterocycles. The van der Waals surface area contributed by atoms with Crippen molar-refractivity contribution in [2.24, 2.45) is 5.92 Å². The van der Waals surface area contributed by atoms with Crippen molar-refractivity contribution < 1.29 is 26.4 Å². The Morgan fingerprint density at radius 3 is 2.35 bits per heavy atom. The Morgan fingerprint density at radius 1 is 1.10 bits per heavy atom. The van der Waals surface area contributed by atoms with Crippen LogP contribution in [-0.4, -0.2) is 34.9 Å². The lowest BCUT2D eigenvalue weighted by atomic mass is 9.99. The Morgan fingerprint density at radius 2 is 1.80 bits per heavy atom. The predicted molar refractivity (Wildman–Crippen MR) is 143 cm³/mol. The third-order valence-corrected chi connectivity index (χ3v) is 9.40. The van der Waals surface area contributed by atoms with E-state index >= 15 is 0 Å². The van der Waals surface area contributed by atoms with Crippen molar-refractivity contribution in [3.05, 3.63) is 88.5 Å². The molecule has 0 unspecified atom stereocenters. The van der Waals surface area contributed by atoms with Crippen LogP contribution in [-0.2, 0) is 34.6 Å². The molecule has 1 aromatic carbocycles. The number of nitrogens with zero attached hydrogens (tertiary/aromatic N) is 3. The second-order valence-corrected chi connectivity index (χ2v) is 13.2. The van der Waals surface area contributed by atoms with Crippen molar-refractivity contribution >= 4 is 15.7 Å². The van der Waals surface area contributed by atoms with Gasteiger partial charge in [0.2, 0.25) is 0 Å². The van der Waals surface area contributed by atoms with Crippen molar-refractivity contribution in [1.29, 1.82) is 0 Å². The van der Waals surface area contributed by atoms with E-state index in [-0.39, 0.29) is 28.5 Å². The van der Waals surface area contributed by atoms with Gasteiger partial charge < -0.3 is 5.32 Å². The van der Waals surface area contributed by atoms with Crippen LogP contribution in [0.1, 0.15) is 78.1 Å². The summed E-state index contributed by atoms with van der Waals surface area (Å²) in [6.07, 6.45) is -0.0844. The van der Waals surface area contributed by atoms with Gasteiger partial charge in [0.1, 0.15) is 0 Å². The van der Waals surface area contributed by atoms with E-state index in [0.717, 1.165) is 29.0 Å². The molecule has 3 aromatic rings. The number of sulfone groups is 1. The minimum absolute atomic E-state index is 0.0132. The van der Waals surface area contributed by atoms with E-state index in [1.807, 2.05) is 6.07 Å². The van der Waals surface area contributed by atoms with Gasteiger partial charge in [0.25, 0.3) is 5.91 Å². The molecule has 1 aliphatic carbocycles. The second-order valence-electron chi connectivity index (χ2n) is 10.9. The Bertz CT molecular complexity index is 1520. The summed E-state index contributed by atoms with van der Waals surface area (Å²) in [5, 5.41) is 3.07. The summed E-state index contributed by atoms with van der Waals surface area (Å²) in [6, 6.07) is 10.2. The quantitative estimate of drug-likeness (QED) is 0.388. The van der Waals surface area contributed by atoms with Crippen molar-refractivity contribution in [3.8, 4) is 0 Å². The largest absolute Gasteiger partial charge is 0.416 e. The van der Waals surface area contributed by atoms with Gasteiger partial charge in [-0.3, -0.25) is 19.7 Å². The van der Waals surface area contributed by atoms with Crippen LogP contribution in [0.15, 0.2) is 59.8 Å². The van der Waals surface area contributed by atoms with Crippen LogP contribution < -0.4 is 5.32 Å². The average Bonchev–Trinajstić information content (AvgIpc) is 3.60. The minimum Gasteiger partial charge on any atom is -0.341 e. The number of rotatable bonds is 8. The zero-order valence-corrected chi connectivity index (χ0v) is 23.3. The number of nitrogens with one attached hydrogen (secondary N) is 1. The maximum Gasteiger partial charge on any atom is 0.416 e. The topological polar surface area (TPSA) is 92.3 Å². The molecule has 40 heavy (non-hydrogen) atoms. The highest BCUT2D eigenvalue weighted by Crippen LogP contribution is 2.45. The van der Waals surface area contributed by atoms with Crippen LogP contribution in [0.4, 0.5) is 13.2 Å². The van der Waals surface area contributed by atoms with Gasteiger partial charge in [-0.25, -0.2) is 8.42 Å². The predicted octanol–water partition coefficient (Wildman–Crippen LogP) is 5.42. The molecule has 0 spiro atoms. The fourth-order valence-electron chi connectivity index (χ4n) is 5.33. The fourth-order valence-corrected chi connectivity index (χ4v) is 6.15. The molecule has 1 fully saturated rings. The molecule has 1 saturated carbocycles. The molecule has 1 atom stereocenters. The van der Waals surface area contributed by atoms with E-state index < -0.39 is 27.1 Å². The summed E-state index contributed by atoms with van der Waals surface area (Å²) in [7, 11) is -3.36. The van der Waals surface area contributed by atoms with Crippen molar-refractivity contribution in [2.45, 2.75) is 69.4 Å². The standard InChI is InChI=1S/C29H31F3N4O3S/c1-4-40(38,39)23-9-10-24(33-15-23)28(11-12-28)35-27(37)20-13-21-17-36(26(18(2)3)25(21)34-14-20)16-19-5-7-22(8-6-19)29(30,31)32/h5-10,13-15,18,26H,4,11-12,16-17H2,1-3H3,(H,35,37)/t26-/m0/s1. The van der Waals surface area contributed by atoms with E-state index in [9.17, 15) is 26.4 Å². The van der Waals surface area contributed by atoms with Gasteiger partial charge in [-0.1, -0.05) is 32.9 Å². The Labute approximate surface area is 231 Å². The van der Waals surface area contributed by atoms with Crippen LogP contribution in [0.3, 0.4) is 0 Å². The molecule has 2 aromatic heterocycles. The molecule has 3 heterocycles. The molecule has 5 rings (SSSR count). The number of alkyl halides is 3. The van der Waals surface area contributed by atoms with E-state index in [0.29, 0.717) is 37.2 Å². The highest BCUT2D eigenvalue weighted by molar-refractivity contribution is 7.91. The number of aromatic nitrogens is 2. The molecule has 1 aliphatic heterocycles. The van der Waals surface area contributed by atoms with Gasteiger partial charge >= 0.3 is 6.18 Å². The Kier molecular flexibility index (Phi) is 7.24. The monoisotopic (exact) mass is 572 g/mol. The maximum absolute atomic E-state index is 13.3. The molecular formula is C29H31F3N4O3S. The molecular weight excluding hydrogens is 541 g/mol. The smallest absolute Gasteiger partial charge is 0.341 e. The number of hydrogen-bond donors (Lipinski definition) is 1. The SMILES string of the molecule is CCS(=O)(=O)c1ccc(C2(NC(=O)c3cnc4c(c3)CN(Cc3ccc(C(F)(F)F)cc3)[C@H]4C(C)C)CC2)nc1. The summed E-state index contributed by atoms with van der Waals surface area (Å²) in [5.74, 6) is -0.106. The number of halogens is 3. The van der Waals surface area contributed by atoms with E-state index in [2.05, 4.69) is 34.0 Å². The first-order valence-electron chi connectivity index (χ1n) is 13.2. The number of carbonyl (C=O) groups excluding carboxylic acids is 1. The number of benzene rings is 1. The molecule has 1 amide bonds. The average molecular weight is 573 g/mol. The van der Waals surface area contributed by atoms with E-state index in [1.165, 1.54) is 24.4 Å². The zero-order chi connectivity index (χ0) is 28.9. The number of carbonyl (C=O) groups is 1. The molecule has 7 nitrogen and oxygen atoms in total. The van der Waals surface area contributed by atoms with Gasteiger partial charge in [-0.15, -0.1) is 0 Å². The minimum atomic E-state index is -4.38. The van der Waals surface area contributed by atoms with Crippen molar-refractivity contribution in [3.63, 3.8) is 0 Å². The first-order valence-corrected chi connectivity index (χ1v) is 14.9. The summed E-state index contributed by atoms with van der Waals surface area (Å²) >= 11 is 0. The van der Waals surface area contributed by atoms with Gasteiger partial charge in [-0.2, -0.15) is 13.2 Å². The highest BCUT2D eigenvalue weighted by Gasteiger charge is 2.47. The van der Waals surface area contributed by atoms with E-state index in [1.54, 1.807) is 19.2 Å². The summed E-state index contributed by atoms with van der Waals surface area (Å²) in [5.41, 5.74) is 2.26. The fraction of sp³-hybridized carbons (Fsp3) is 0.414. The molecule has 212 valence electrons. The third-order valence-electron chi connectivity index (χ3n) is 7.68.